The highest BCUT2D eigenvalue weighted by Gasteiger charge is 2.13. The molecule has 1 aromatic carbocycles. The van der Waals surface area contributed by atoms with Crippen LogP contribution in [0, 0.1) is 20.2 Å². The molecular weight excluding hydrogens is 246 g/mol. The van der Waals surface area contributed by atoms with Crippen LogP contribution in [0.25, 0.3) is 10.9 Å². The zero-order valence-electron chi connectivity index (χ0n) is 8.76. The van der Waals surface area contributed by atoms with Gasteiger partial charge in [0.15, 0.2) is 0 Å². The summed E-state index contributed by atoms with van der Waals surface area (Å²) in [5.41, 5.74) is 0.201. The summed E-state index contributed by atoms with van der Waals surface area (Å²) in [6.07, 6.45) is 1.48. The number of benzene rings is 1. The van der Waals surface area contributed by atoms with Gasteiger partial charge < -0.3 is 10.3 Å². The molecule has 0 fully saturated rings. The van der Waals surface area contributed by atoms with E-state index in [0.29, 0.717) is 5.39 Å². The first kappa shape index (κ1) is 13.1. The van der Waals surface area contributed by atoms with E-state index in [9.17, 15) is 15.2 Å². The number of rotatable bonds is 1. The van der Waals surface area contributed by atoms with Crippen molar-refractivity contribution in [1.29, 1.82) is 0 Å². The van der Waals surface area contributed by atoms with Crippen molar-refractivity contribution in [2.75, 3.05) is 0 Å². The quantitative estimate of drug-likeness (QED) is 0.579. The van der Waals surface area contributed by atoms with E-state index in [4.69, 9.17) is 15.3 Å². The molecule has 9 heteroatoms. The third-order valence-electron chi connectivity index (χ3n) is 1.92. The molecule has 2 rings (SSSR count). The number of hydrogen-bond donors (Lipinski definition) is 2. The monoisotopic (exact) mass is 253 g/mol. The topological polar surface area (TPSA) is 140 Å². The van der Waals surface area contributed by atoms with Gasteiger partial charge in [0.25, 0.3) is 10.8 Å². The van der Waals surface area contributed by atoms with Gasteiger partial charge in [-0.05, 0) is 18.2 Å². The van der Waals surface area contributed by atoms with Gasteiger partial charge in [0.2, 0.25) is 0 Å². The summed E-state index contributed by atoms with van der Waals surface area (Å²) in [5.74, 6) is -0.0498. The highest BCUT2D eigenvalue weighted by Crippen LogP contribution is 2.29. The number of fused-ring (bicyclic) bond motifs is 1. The van der Waals surface area contributed by atoms with Gasteiger partial charge in [-0.2, -0.15) is 0 Å². The van der Waals surface area contributed by atoms with Gasteiger partial charge in [0, 0.05) is 12.3 Å². The van der Waals surface area contributed by atoms with Crippen LogP contribution in [0.5, 0.6) is 5.75 Å². The Morgan fingerprint density at radius 3 is 2.33 bits per heavy atom. The third kappa shape index (κ3) is 3.01. The van der Waals surface area contributed by atoms with E-state index in [1.54, 1.807) is 12.1 Å². The minimum absolute atomic E-state index is 0.0498. The number of hydrogen-bond acceptors (Lipinski definition) is 6. The van der Waals surface area contributed by atoms with Crippen molar-refractivity contribution in [3.05, 3.63) is 50.7 Å². The zero-order valence-corrected chi connectivity index (χ0v) is 8.76. The maximum absolute atomic E-state index is 10.6. The van der Waals surface area contributed by atoms with E-state index < -0.39 is 10.0 Å². The summed E-state index contributed by atoms with van der Waals surface area (Å²) in [6.45, 7) is 0. The molecule has 94 valence electrons. The Kier molecular flexibility index (Phi) is 3.92. The molecule has 0 spiro atoms. The minimum atomic E-state index is -1.50. The summed E-state index contributed by atoms with van der Waals surface area (Å²) >= 11 is 0. The predicted octanol–water partition coefficient (Wildman–Crippen LogP) is 1.50. The smallest absolute Gasteiger partial charge is 0.291 e. The molecule has 0 radical (unpaired) electrons. The molecule has 0 amide bonds. The second kappa shape index (κ2) is 5.39. The highest BCUT2D eigenvalue weighted by atomic mass is 16.9. The average molecular weight is 253 g/mol. The molecule has 0 atom stereocenters. The minimum Gasteiger partial charge on any atom is -0.506 e. The Balaban J connectivity index is 0.000000357. The molecule has 2 N–H and O–H groups in total. The molecule has 9 nitrogen and oxygen atoms in total. The summed E-state index contributed by atoms with van der Waals surface area (Å²) < 4.78 is 0. The molecule has 2 aromatic rings. The summed E-state index contributed by atoms with van der Waals surface area (Å²) in [7, 11) is 0. The third-order valence-corrected chi connectivity index (χ3v) is 1.92. The molecule has 0 aliphatic heterocycles. The fourth-order valence-electron chi connectivity index (χ4n) is 1.30. The Morgan fingerprint density at radius 1 is 1.17 bits per heavy atom. The van der Waals surface area contributed by atoms with Crippen molar-refractivity contribution in [3.8, 4) is 5.75 Å². The van der Waals surface area contributed by atoms with Crippen LogP contribution < -0.4 is 0 Å². The molecule has 1 heterocycles. The second-order valence-corrected chi connectivity index (χ2v) is 3.00. The first-order chi connectivity index (χ1) is 8.43. The number of nitro groups is 1. The molecule has 1 aromatic heterocycles. The normalized spacial score (nSPS) is 9.33. The lowest BCUT2D eigenvalue weighted by atomic mass is 10.2. The first-order valence-electron chi connectivity index (χ1n) is 4.48. The number of phenols is 1. The van der Waals surface area contributed by atoms with Crippen LogP contribution in [0.3, 0.4) is 0 Å². The van der Waals surface area contributed by atoms with Gasteiger partial charge in [-0.1, -0.05) is 0 Å². The van der Waals surface area contributed by atoms with E-state index in [2.05, 4.69) is 4.98 Å². The van der Waals surface area contributed by atoms with Crippen LogP contribution in [0.4, 0.5) is 5.69 Å². The van der Waals surface area contributed by atoms with Gasteiger partial charge in [-0.25, -0.2) is 0 Å². The Labute approximate surface area is 99.2 Å². The largest absolute Gasteiger partial charge is 0.506 e. The van der Waals surface area contributed by atoms with Gasteiger partial charge in [0.05, 0.1) is 10.3 Å². The van der Waals surface area contributed by atoms with E-state index >= 15 is 0 Å². The number of aromatic hydroxyl groups is 1. The number of phenolic OH excluding ortho intramolecular Hbond substituents is 1. The lowest BCUT2D eigenvalue weighted by Crippen LogP contribution is -1.90. The number of pyridine rings is 1. The predicted molar refractivity (Wildman–Crippen MR) is 58.8 cm³/mol. The maximum Gasteiger partial charge on any atom is 0.291 e. The van der Waals surface area contributed by atoms with Crippen molar-refractivity contribution in [1.82, 2.24) is 4.98 Å². The Morgan fingerprint density at radius 2 is 1.78 bits per heavy atom. The number of aromatic nitrogens is 1. The van der Waals surface area contributed by atoms with Gasteiger partial charge in [0.1, 0.15) is 11.3 Å². The SMILES string of the molecule is O=[N+]([O-])O.O=[N+]([O-])c1ccc(O)c2ncccc12. The lowest BCUT2D eigenvalue weighted by Gasteiger charge is -1.99. The molecule has 0 saturated carbocycles. The standard InChI is InChI=1S/C9H6N2O3.HNO3/c12-8-4-3-7(11(13)14)6-2-1-5-10-9(6)8;2-1(3)4/h1-5,12H;(H,2,3,4). The van der Waals surface area contributed by atoms with Crippen LogP contribution in [0.15, 0.2) is 30.5 Å². The van der Waals surface area contributed by atoms with Crippen molar-refractivity contribution < 1.29 is 20.3 Å². The molecule has 18 heavy (non-hydrogen) atoms. The molecule has 0 aliphatic rings. The number of nitro benzene ring substituents is 1. The van der Waals surface area contributed by atoms with Crippen molar-refractivity contribution in [2.24, 2.45) is 0 Å². The van der Waals surface area contributed by atoms with E-state index in [0.717, 1.165) is 0 Å². The van der Waals surface area contributed by atoms with Crippen LogP contribution in [0.1, 0.15) is 0 Å². The fraction of sp³-hybridized carbons (Fsp3) is 0. The maximum atomic E-state index is 10.6. The van der Waals surface area contributed by atoms with Gasteiger partial charge in [-0.3, -0.25) is 15.1 Å². The first-order valence-corrected chi connectivity index (χ1v) is 4.48. The molecule has 0 aliphatic carbocycles. The summed E-state index contributed by atoms with van der Waals surface area (Å²) in [6, 6.07) is 5.68. The van der Waals surface area contributed by atoms with E-state index in [1.165, 1.54) is 18.3 Å². The average Bonchev–Trinajstić information content (AvgIpc) is 2.28. The van der Waals surface area contributed by atoms with Crippen LogP contribution in [0.2, 0.25) is 0 Å². The number of nitrogens with zero attached hydrogens (tertiary/aromatic N) is 3. The molecule has 0 bridgehead atoms. The number of non-ortho nitro benzene ring substituents is 1. The molecule has 0 unspecified atom stereocenters. The van der Waals surface area contributed by atoms with Crippen molar-refractivity contribution >= 4 is 16.6 Å². The summed E-state index contributed by atoms with van der Waals surface area (Å²) in [4.78, 5) is 22.4. The Bertz CT molecular complexity index is 596. The van der Waals surface area contributed by atoms with Crippen molar-refractivity contribution in [3.63, 3.8) is 0 Å². The summed E-state index contributed by atoms with van der Waals surface area (Å²) in [5, 5.41) is 34.0. The Hall–Kier alpha value is -2.97. The van der Waals surface area contributed by atoms with E-state index in [-0.39, 0.29) is 17.0 Å². The van der Waals surface area contributed by atoms with E-state index in [1.807, 2.05) is 0 Å². The zero-order chi connectivity index (χ0) is 13.7. The highest BCUT2D eigenvalue weighted by molar-refractivity contribution is 5.91. The van der Waals surface area contributed by atoms with Crippen LogP contribution in [-0.2, 0) is 0 Å². The molecular formula is C9H7N3O6. The van der Waals surface area contributed by atoms with Gasteiger partial charge >= 0.3 is 0 Å². The molecule has 0 saturated heterocycles. The van der Waals surface area contributed by atoms with Crippen LogP contribution >= 0.6 is 0 Å². The van der Waals surface area contributed by atoms with Crippen LogP contribution in [-0.4, -0.2) is 25.3 Å². The van der Waals surface area contributed by atoms with Gasteiger partial charge in [-0.15, -0.1) is 10.1 Å². The van der Waals surface area contributed by atoms with Crippen molar-refractivity contribution in [2.45, 2.75) is 0 Å². The lowest BCUT2D eigenvalue weighted by molar-refractivity contribution is -0.742. The fourth-order valence-corrected chi connectivity index (χ4v) is 1.30. The second-order valence-electron chi connectivity index (χ2n) is 3.00.